The van der Waals surface area contributed by atoms with Crippen LogP contribution in [0.15, 0.2) is 24.3 Å². The fourth-order valence-electron chi connectivity index (χ4n) is 2.95. The average molecular weight is 271 g/mol. The molecule has 106 valence electrons. The van der Waals surface area contributed by atoms with Crippen LogP contribution in [0.5, 0.6) is 0 Å². The van der Waals surface area contributed by atoms with E-state index in [2.05, 4.69) is 60.3 Å². The zero-order valence-corrected chi connectivity index (χ0v) is 12.2. The Morgan fingerprint density at radius 3 is 2.90 bits per heavy atom. The van der Waals surface area contributed by atoms with Crippen molar-refractivity contribution in [3.8, 4) is 0 Å². The van der Waals surface area contributed by atoms with Crippen molar-refractivity contribution in [1.82, 2.24) is 14.8 Å². The van der Waals surface area contributed by atoms with Gasteiger partial charge in [-0.25, -0.2) is 4.68 Å². The Bertz CT molecular complexity index is 616. The maximum Gasteiger partial charge on any atom is 0.239 e. The summed E-state index contributed by atoms with van der Waals surface area (Å²) in [6.45, 7) is 3.14. The summed E-state index contributed by atoms with van der Waals surface area (Å²) in [5.74, 6) is 2.40. The van der Waals surface area contributed by atoms with Gasteiger partial charge in [0.15, 0.2) is 0 Å². The Balaban J connectivity index is 1.92. The summed E-state index contributed by atoms with van der Waals surface area (Å²) >= 11 is 0. The first-order valence-corrected chi connectivity index (χ1v) is 7.01. The lowest BCUT2D eigenvalue weighted by atomic mass is 9.82. The fourth-order valence-corrected chi connectivity index (χ4v) is 2.95. The van der Waals surface area contributed by atoms with Gasteiger partial charge in [0, 0.05) is 32.1 Å². The highest BCUT2D eigenvalue weighted by Gasteiger charge is 2.28. The Morgan fingerprint density at radius 1 is 1.35 bits per heavy atom. The van der Waals surface area contributed by atoms with E-state index in [1.807, 2.05) is 4.68 Å². The predicted molar refractivity (Wildman–Crippen MR) is 80.8 cm³/mol. The van der Waals surface area contributed by atoms with Crippen LogP contribution < -0.4 is 10.6 Å². The van der Waals surface area contributed by atoms with Crippen molar-refractivity contribution in [2.45, 2.75) is 25.8 Å². The Kier molecular flexibility index (Phi) is 3.12. The van der Waals surface area contributed by atoms with Gasteiger partial charge in [0.1, 0.15) is 5.82 Å². The molecule has 0 bridgehead atoms. The molecule has 5 nitrogen and oxygen atoms in total. The van der Waals surface area contributed by atoms with Gasteiger partial charge in [-0.2, -0.15) is 4.98 Å². The number of anilines is 2. The Morgan fingerprint density at radius 2 is 2.15 bits per heavy atom. The molecule has 1 aromatic carbocycles. The molecule has 0 radical (unpaired) electrons. The highest BCUT2D eigenvalue weighted by molar-refractivity contribution is 5.48. The minimum atomic E-state index is 0.384. The van der Waals surface area contributed by atoms with Gasteiger partial charge < -0.3 is 10.6 Å². The molecule has 2 atom stereocenters. The number of fused-ring (bicyclic) bond motifs is 1. The molecule has 0 fully saturated rings. The van der Waals surface area contributed by atoms with Crippen LogP contribution in [0, 0.1) is 5.92 Å². The maximum absolute atomic E-state index is 5.70. The van der Waals surface area contributed by atoms with E-state index in [1.54, 1.807) is 0 Å². The third kappa shape index (κ3) is 2.24. The molecule has 2 heterocycles. The Hall–Kier alpha value is -2.04. The molecule has 0 spiro atoms. The molecule has 0 saturated heterocycles. The fraction of sp³-hybridized carbons (Fsp3) is 0.467. The van der Waals surface area contributed by atoms with Crippen LogP contribution in [0.1, 0.15) is 24.2 Å². The number of hydrogen-bond donors (Lipinski definition) is 1. The van der Waals surface area contributed by atoms with E-state index in [0.717, 1.165) is 18.8 Å². The zero-order valence-electron chi connectivity index (χ0n) is 12.2. The quantitative estimate of drug-likeness (QED) is 0.906. The van der Waals surface area contributed by atoms with Crippen molar-refractivity contribution in [1.29, 1.82) is 0 Å². The normalized spacial score (nSPS) is 21.6. The van der Waals surface area contributed by atoms with Crippen molar-refractivity contribution in [2.24, 2.45) is 5.92 Å². The number of rotatable bonds is 2. The summed E-state index contributed by atoms with van der Waals surface area (Å²) < 4.78 is 1.96. The number of benzene rings is 1. The molecule has 2 unspecified atom stereocenters. The van der Waals surface area contributed by atoms with Gasteiger partial charge in [-0.3, -0.25) is 0 Å². The molecule has 1 aliphatic rings. The van der Waals surface area contributed by atoms with Crippen LogP contribution in [0.25, 0.3) is 0 Å². The van der Waals surface area contributed by atoms with Crippen LogP contribution in [0.4, 0.5) is 11.6 Å². The van der Waals surface area contributed by atoms with Crippen LogP contribution in [0.3, 0.4) is 0 Å². The Labute approximate surface area is 119 Å². The molecule has 5 heteroatoms. The third-order valence-corrected chi connectivity index (χ3v) is 4.14. The molecule has 3 rings (SSSR count). The average Bonchev–Trinajstić information content (AvgIpc) is 2.77. The first-order valence-electron chi connectivity index (χ1n) is 7.01. The number of nitrogen functional groups attached to an aromatic ring is 1. The minimum Gasteiger partial charge on any atom is -0.378 e. The molecule has 1 aliphatic heterocycles. The highest BCUT2D eigenvalue weighted by Crippen LogP contribution is 2.34. The number of hydrogen-bond acceptors (Lipinski definition) is 4. The number of aromatic nitrogens is 3. The first-order chi connectivity index (χ1) is 9.54. The lowest BCUT2D eigenvalue weighted by Gasteiger charge is -2.29. The minimum absolute atomic E-state index is 0.384. The van der Waals surface area contributed by atoms with Crippen LogP contribution in [-0.4, -0.2) is 28.9 Å². The second-order valence-corrected chi connectivity index (χ2v) is 5.85. The second kappa shape index (κ2) is 4.81. The van der Waals surface area contributed by atoms with Crippen molar-refractivity contribution in [3.63, 3.8) is 0 Å². The van der Waals surface area contributed by atoms with Crippen molar-refractivity contribution in [3.05, 3.63) is 35.7 Å². The van der Waals surface area contributed by atoms with E-state index in [0.29, 0.717) is 17.8 Å². The van der Waals surface area contributed by atoms with E-state index in [9.17, 15) is 0 Å². The van der Waals surface area contributed by atoms with Crippen molar-refractivity contribution >= 4 is 11.6 Å². The van der Waals surface area contributed by atoms with Crippen LogP contribution in [0.2, 0.25) is 0 Å². The molecule has 2 aromatic rings. The summed E-state index contributed by atoms with van der Waals surface area (Å²) in [6, 6.07) is 8.74. The van der Waals surface area contributed by atoms with E-state index < -0.39 is 0 Å². The van der Waals surface area contributed by atoms with Gasteiger partial charge >= 0.3 is 0 Å². The highest BCUT2D eigenvalue weighted by atomic mass is 15.4. The molecular weight excluding hydrogens is 250 g/mol. The molecule has 0 amide bonds. The van der Waals surface area contributed by atoms with Crippen molar-refractivity contribution in [2.75, 3.05) is 24.7 Å². The summed E-state index contributed by atoms with van der Waals surface area (Å²) in [7, 11) is 4.14. The van der Waals surface area contributed by atoms with E-state index in [4.69, 9.17) is 5.73 Å². The molecule has 0 saturated carbocycles. The van der Waals surface area contributed by atoms with E-state index in [1.165, 1.54) is 11.3 Å². The van der Waals surface area contributed by atoms with Gasteiger partial charge in [-0.1, -0.05) is 19.1 Å². The first kappa shape index (κ1) is 13.0. The number of nitrogens with two attached hydrogens (primary N) is 1. The van der Waals surface area contributed by atoms with Crippen LogP contribution >= 0.6 is 0 Å². The van der Waals surface area contributed by atoms with Gasteiger partial charge in [0.25, 0.3) is 0 Å². The van der Waals surface area contributed by atoms with Crippen molar-refractivity contribution < 1.29 is 0 Å². The molecule has 0 aliphatic carbocycles. The predicted octanol–water partition coefficient (Wildman–Crippen LogP) is 1.90. The third-order valence-electron chi connectivity index (χ3n) is 4.14. The summed E-state index contributed by atoms with van der Waals surface area (Å²) in [4.78, 5) is 6.43. The van der Waals surface area contributed by atoms with E-state index >= 15 is 0 Å². The SMILES string of the molecule is CC1Cc2nc(N)nn2CC1c1cccc(N(C)C)c1. The zero-order chi connectivity index (χ0) is 14.3. The lowest BCUT2D eigenvalue weighted by Crippen LogP contribution is -2.27. The van der Waals surface area contributed by atoms with Gasteiger partial charge in [0.05, 0.1) is 6.54 Å². The van der Waals surface area contributed by atoms with E-state index in [-0.39, 0.29) is 0 Å². The molecular formula is C15H21N5. The molecule has 1 aromatic heterocycles. The number of nitrogens with zero attached hydrogens (tertiary/aromatic N) is 4. The van der Waals surface area contributed by atoms with Gasteiger partial charge in [-0.15, -0.1) is 5.10 Å². The standard InChI is InChI=1S/C15H21N5/c1-10-7-14-17-15(16)18-20(14)9-13(10)11-5-4-6-12(8-11)19(2)3/h4-6,8,10,13H,7,9H2,1-3H3,(H2,16,18). The largest absolute Gasteiger partial charge is 0.378 e. The smallest absolute Gasteiger partial charge is 0.239 e. The van der Waals surface area contributed by atoms with Crippen LogP contribution in [-0.2, 0) is 13.0 Å². The van der Waals surface area contributed by atoms with Gasteiger partial charge in [0.2, 0.25) is 5.95 Å². The molecule has 20 heavy (non-hydrogen) atoms. The summed E-state index contributed by atoms with van der Waals surface area (Å²) in [6.07, 6.45) is 0.932. The molecule has 2 N–H and O–H groups in total. The lowest BCUT2D eigenvalue weighted by molar-refractivity contribution is 0.330. The summed E-state index contributed by atoms with van der Waals surface area (Å²) in [5, 5.41) is 4.29. The summed E-state index contributed by atoms with van der Waals surface area (Å²) in [5.41, 5.74) is 8.30. The van der Waals surface area contributed by atoms with Gasteiger partial charge in [-0.05, 0) is 23.6 Å². The topological polar surface area (TPSA) is 60.0 Å². The maximum atomic E-state index is 5.70. The monoisotopic (exact) mass is 271 g/mol. The second-order valence-electron chi connectivity index (χ2n) is 5.85.